The fourth-order valence-electron chi connectivity index (χ4n) is 1.08. The van der Waals surface area contributed by atoms with Gasteiger partial charge in [-0.2, -0.15) is 0 Å². The van der Waals surface area contributed by atoms with Crippen LogP contribution in [0.2, 0.25) is 0 Å². The predicted molar refractivity (Wildman–Crippen MR) is 78.0 cm³/mol. The van der Waals surface area contributed by atoms with Gasteiger partial charge in [0.15, 0.2) is 0 Å². The second-order valence-electron chi connectivity index (χ2n) is 3.12. The van der Waals surface area contributed by atoms with E-state index in [-0.39, 0.29) is 36.9 Å². The second kappa shape index (κ2) is 13.7. The Labute approximate surface area is 132 Å². The molecule has 3 nitrogen and oxygen atoms in total. The van der Waals surface area contributed by atoms with Crippen LogP contribution >= 0.6 is 0 Å². The Balaban J connectivity index is -0.000000252. The van der Waals surface area contributed by atoms with Crippen LogP contribution in [0.1, 0.15) is 5.56 Å². The summed E-state index contributed by atoms with van der Waals surface area (Å²) in [6.45, 7) is 0. The van der Waals surface area contributed by atoms with Gasteiger partial charge in [0, 0.05) is 0 Å². The molecule has 0 aromatic heterocycles. The molecular weight excluding hydrogens is 297 g/mol. The van der Waals surface area contributed by atoms with Crippen LogP contribution in [-0.2, 0) is 16.8 Å². The summed E-state index contributed by atoms with van der Waals surface area (Å²) in [6.07, 6.45) is 6.69. The smallest absolute Gasteiger partial charge is 0.366 e. The summed E-state index contributed by atoms with van der Waals surface area (Å²) in [5.74, 6) is 2.28. The van der Waals surface area contributed by atoms with Gasteiger partial charge in [-0.3, -0.25) is 16.3 Å². The van der Waals surface area contributed by atoms with Crippen molar-refractivity contribution in [3.05, 3.63) is 87.5 Å². The van der Waals surface area contributed by atoms with Crippen LogP contribution in [0, 0.1) is 27.2 Å². The summed E-state index contributed by atoms with van der Waals surface area (Å²) >= 11 is 0. The van der Waals surface area contributed by atoms with Gasteiger partial charge in [-0.25, -0.2) is 0 Å². The van der Waals surface area contributed by atoms with Gasteiger partial charge in [0.05, 0.1) is 5.69 Å². The Hall–Kier alpha value is -1.77. The number of nitrogens with zero attached hydrogens (tertiary/aromatic N) is 1. The van der Waals surface area contributed by atoms with E-state index in [1.54, 1.807) is 30.3 Å². The van der Waals surface area contributed by atoms with Gasteiger partial charge in [0.25, 0.3) is 0 Å². The molecule has 0 saturated carbocycles. The monoisotopic (exact) mass is 315 g/mol. The molecule has 2 rings (SSSR count). The van der Waals surface area contributed by atoms with Crippen molar-refractivity contribution >= 4 is 5.69 Å². The standard InChI is InChI=1S/C8H5.C6H7NO2.2CH3.Co/c1-2-8-6-4-3-5-7-8;8-7(9)6-4-2-1-3-5-6;;;/h3-7H;1-5,8-9H;2*1H3;/q-1;;2*-1;+3. The molecule has 20 heavy (non-hydrogen) atoms. The Kier molecular flexibility index (Phi) is 15.9. The van der Waals surface area contributed by atoms with Gasteiger partial charge in [-0.05, 0) is 12.1 Å². The largest absolute Gasteiger partial charge is 3.00 e. The molecule has 0 aliphatic carbocycles. The van der Waals surface area contributed by atoms with E-state index in [0.29, 0.717) is 5.69 Å². The third-order valence-corrected chi connectivity index (χ3v) is 1.91. The zero-order valence-electron chi connectivity index (χ0n) is 11.4. The molecule has 2 N–H and O–H groups in total. The van der Waals surface area contributed by atoms with E-state index in [1.807, 2.05) is 30.3 Å². The minimum atomic E-state index is 0. The molecule has 2 aromatic rings. The summed E-state index contributed by atoms with van der Waals surface area (Å²) in [7, 11) is 0. The molecule has 0 amide bonds. The van der Waals surface area contributed by atoms with Crippen molar-refractivity contribution in [2.24, 2.45) is 0 Å². The molecule has 0 radical (unpaired) electrons. The van der Waals surface area contributed by atoms with Crippen molar-refractivity contribution in [3.63, 3.8) is 0 Å². The van der Waals surface area contributed by atoms with E-state index >= 15 is 0 Å². The summed E-state index contributed by atoms with van der Waals surface area (Å²) < 4.78 is 0. The molecule has 0 aliphatic rings. The van der Waals surface area contributed by atoms with Crippen LogP contribution in [0.25, 0.3) is 0 Å². The summed E-state index contributed by atoms with van der Waals surface area (Å²) in [5, 5.41) is 16.9. The van der Waals surface area contributed by atoms with Gasteiger partial charge < -0.3 is 21.3 Å². The van der Waals surface area contributed by atoms with Crippen LogP contribution in [0.3, 0.4) is 0 Å². The summed E-state index contributed by atoms with van der Waals surface area (Å²) in [5.41, 5.74) is 1.19. The van der Waals surface area contributed by atoms with Gasteiger partial charge in [0.1, 0.15) is 0 Å². The predicted octanol–water partition coefficient (Wildman–Crippen LogP) is 3.79. The second-order valence-corrected chi connectivity index (χ2v) is 3.12. The first kappa shape index (κ1) is 23.3. The first-order valence-corrected chi connectivity index (χ1v) is 4.94. The van der Waals surface area contributed by atoms with Gasteiger partial charge in [0.2, 0.25) is 0 Å². The molecule has 0 aliphatic heterocycles. The van der Waals surface area contributed by atoms with E-state index < -0.39 is 0 Å². The van der Waals surface area contributed by atoms with Crippen molar-refractivity contribution in [2.45, 2.75) is 0 Å². The third kappa shape index (κ3) is 9.20. The molecule has 4 heteroatoms. The molecule has 0 unspecified atom stereocenters. The van der Waals surface area contributed by atoms with Gasteiger partial charge >= 0.3 is 16.8 Å². The number of hydrogen-bond acceptors (Lipinski definition) is 3. The van der Waals surface area contributed by atoms with E-state index in [2.05, 4.69) is 5.92 Å². The fourth-order valence-corrected chi connectivity index (χ4v) is 1.08. The Morgan fingerprint density at radius 2 is 1.20 bits per heavy atom. The third-order valence-electron chi connectivity index (χ3n) is 1.91. The van der Waals surface area contributed by atoms with Crippen molar-refractivity contribution in [1.82, 2.24) is 0 Å². The van der Waals surface area contributed by atoms with E-state index in [0.717, 1.165) is 5.56 Å². The Morgan fingerprint density at radius 3 is 1.45 bits per heavy atom. The van der Waals surface area contributed by atoms with Crippen LogP contribution in [0.5, 0.6) is 0 Å². The maximum atomic E-state index is 8.41. The topological polar surface area (TPSA) is 43.7 Å². The minimum absolute atomic E-state index is 0. The number of hydrogen-bond donors (Lipinski definition) is 2. The van der Waals surface area contributed by atoms with Crippen molar-refractivity contribution in [3.8, 4) is 5.92 Å². The van der Waals surface area contributed by atoms with Crippen LogP contribution in [0.4, 0.5) is 5.69 Å². The molecule has 108 valence electrons. The van der Waals surface area contributed by atoms with E-state index in [1.165, 1.54) is 0 Å². The summed E-state index contributed by atoms with van der Waals surface area (Å²) in [4.78, 5) is 0. The van der Waals surface area contributed by atoms with Crippen molar-refractivity contribution < 1.29 is 27.2 Å². The van der Waals surface area contributed by atoms with Crippen LogP contribution < -0.4 is 5.23 Å². The number of rotatable bonds is 1. The zero-order chi connectivity index (χ0) is 12.5. The number of anilines is 1. The summed E-state index contributed by atoms with van der Waals surface area (Å²) in [6, 6.07) is 17.8. The van der Waals surface area contributed by atoms with E-state index in [9.17, 15) is 0 Å². The zero-order valence-corrected chi connectivity index (χ0v) is 12.5. The molecule has 0 saturated heterocycles. The van der Waals surface area contributed by atoms with Crippen molar-refractivity contribution in [2.75, 3.05) is 5.23 Å². The first-order valence-electron chi connectivity index (χ1n) is 4.94. The van der Waals surface area contributed by atoms with Crippen LogP contribution in [0.15, 0.2) is 60.7 Å². The molecule has 2 aromatic carbocycles. The Bertz CT molecular complexity index is 467. The normalized spacial score (nSPS) is 7.25. The minimum Gasteiger partial charge on any atom is -0.366 e. The number of para-hydroxylation sites is 1. The van der Waals surface area contributed by atoms with Crippen molar-refractivity contribution in [1.29, 1.82) is 0 Å². The molecule has 0 spiro atoms. The molecule has 0 fully saturated rings. The van der Waals surface area contributed by atoms with Gasteiger partial charge in [-0.1, -0.05) is 36.4 Å². The molecule has 0 atom stereocenters. The maximum Gasteiger partial charge on any atom is 3.00 e. The fraction of sp³-hybridized carbons (Fsp3) is 0. The SMILES string of the molecule is ON(O)c1ccccc1.[C-]#Cc1ccccc1.[CH3-].[CH3-].[Co+3]. The van der Waals surface area contributed by atoms with Crippen LogP contribution in [-0.4, -0.2) is 10.4 Å². The van der Waals surface area contributed by atoms with E-state index in [4.69, 9.17) is 16.8 Å². The van der Waals surface area contributed by atoms with Gasteiger partial charge in [-0.15, -0.1) is 22.9 Å². The average molecular weight is 315 g/mol. The maximum absolute atomic E-state index is 8.41. The molecule has 0 bridgehead atoms. The quantitative estimate of drug-likeness (QED) is 0.478. The Morgan fingerprint density at radius 1 is 0.800 bits per heavy atom. The molecule has 0 heterocycles. The molecular formula is C16H18CoNO2. The average Bonchev–Trinajstić information content (AvgIpc) is 2.41. The number of benzene rings is 2. The first-order chi connectivity index (χ1) is 8.24.